The lowest BCUT2D eigenvalue weighted by molar-refractivity contribution is 0.669. The molecule has 0 spiro atoms. The van der Waals surface area contributed by atoms with Gasteiger partial charge in [0, 0.05) is 37.2 Å². The number of thiophene rings is 1. The van der Waals surface area contributed by atoms with E-state index in [1.807, 2.05) is 18.2 Å². The zero-order chi connectivity index (χ0) is 28.1. The minimum absolute atomic E-state index is 0.818. The summed E-state index contributed by atoms with van der Waals surface area (Å²) < 4.78 is 9.81. The topological polar surface area (TPSA) is 43.9 Å². The van der Waals surface area contributed by atoms with Crippen molar-refractivity contribution in [1.29, 1.82) is 0 Å². The lowest BCUT2D eigenvalue weighted by Gasteiger charge is -2.13. The normalized spacial score (nSPS) is 12.2. The van der Waals surface area contributed by atoms with Crippen molar-refractivity contribution in [2.24, 2.45) is 0 Å². The first-order chi connectivity index (χ1) is 21.3. The average Bonchev–Trinajstić information content (AvgIpc) is 3.72. The number of aromatic nitrogens is 3. The fourth-order valence-corrected chi connectivity index (χ4v) is 7.72. The molecule has 0 amide bonds. The lowest BCUT2D eigenvalue weighted by atomic mass is 10.0. The van der Waals surface area contributed by atoms with Gasteiger partial charge < -0.3 is 4.42 Å². The van der Waals surface area contributed by atoms with Crippen molar-refractivity contribution < 1.29 is 4.42 Å². The molecule has 0 atom stereocenters. The molecule has 10 aromatic rings. The summed E-state index contributed by atoms with van der Waals surface area (Å²) in [6, 6.07) is 44.7. The van der Waals surface area contributed by atoms with Crippen molar-refractivity contribution in [1.82, 2.24) is 14.5 Å². The van der Waals surface area contributed by atoms with Crippen LogP contribution in [0.5, 0.6) is 0 Å². The predicted octanol–water partition coefficient (Wildman–Crippen LogP) is 10.7. The van der Waals surface area contributed by atoms with Crippen LogP contribution in [0.4, 0.5) is 0 Å². The Bertz CT molecular complexity index is 2750. The molecule has 43 heavy (non-hydrogen) atoms. The molecule has 0 saturated carbocycles. The summed E-state index contributed by atoms with van der Waals surface area (Å²) in [6.45, 7) is 0. The Labute approximate surface area is 249 Å². The summed E-state index contributed by atoms with van der Waals surface area (Å²) >= 11 is 1.69. The van der Waals surface area contributed by atoms with Crippen molar-refractivity contribution in [3.63, 3.8) is 0 Å². The minimum Gasteiger partial charge on any atom is -0.456 e. The summed E-state index contributed by atoms with van der Waals surface area (Å²) in [7, 11) is 0. The van der Waals surface area contributed by atoms with E-state index >= 15 is 0 Å². The molecule has 0 fully saturated rings. The molecule has 0 aliphatic rings. The highest BCUT2D eigenvalue weighted by atomic mass is 32.1. The molecule has 4 nitrogen and oxygen atoms in total. The molecular formula is C38H21N3OS. The van der Waals surface area contributed by atoms with E-state index in [1.54, 1.807) is 11.3 Å². The number of rotatable bonds is 2. The van der Waals surface area contributed by atoms with E-state index in [0.29, 0.717) is 0 Å². The molecule has 0 unspecified atom stereocenters. The van der Waals surface area contributed by atoms with Gasteiger partial charge in [0.25, 0.3) is 0 Å². The Morgan fingerprint density at radius 1 is 0.558 bits per heavy atom. The number of furan rings is 1. The molecule has 10 rings (SSSR count). The number of hydrogen-bond donors (Lipinski definition) is 0. The van der Waals surface area contributed by atoms with Crippen LogP contribution in [0.15, 0.2) is 132 Å². The van der Waals surface area contributed by atoms with Gasteiger partial charge in [0.15, 0.2) is 5.82 Å². The second kappa shape index (κ2) is 8.51. The number of hydrogen-bond acceptors (Lipinski definition) is 4. The summed E-state index contributed by atoms with van der Waals surface area (Å²) in [5.74, 6) is 0.818. The molecule has 4 aromatic heterocycles. The maximum absolute atomic E-state index is 6.32. The van der Waals surface area contributed by atoms with E-state index in [9.17, 15) is 0 Å². The predicted molar refractivity (Wildman–Crippen MR) is 179 cm³/mol. The van der Waals surface area contributed by atoms with Gasteiger partial charge in [0.05, 0.1) is 11.0 Å². The minimum atomic E-state index is 0.818. The fraction of sp³-hybridized carbons (Fsp3) is 0. The monoisotopic (exact) mass is 567 g/mol. The van der Waals surface area contributed by atoms with E-state index in [2.05, 4.69) is 114 Å². The van der Waals surface area contributed by atoms with Gasteiger partial charge in [-0.15, -0.1) is 11.3 Å². The molecule has 6 aromatic carbocycles. The first-order valence-corrected chi connectivity index (χ1v) is 15.2. The van der Waals surface area contributed by atoms with Crippen LogP contribution in [0.25, 0.3) is 92.0 Å². The quantitative estimate of drug-likeness (QED) is 0.209. The van der Waals surface area contributed by atoms with Crippen molar-refractivity contribution in [3.05, 3.63) is 127 Å². The maximum atomic E-state index is 6.32. The van der Waals surface area contributed by atoms with Crippen LogP contribution in [0.1, 0.15) is 0 Å². The van der Waals surface area contributed by atoms with Crippen LogP contribution >= 0.6 is 11.3 Å². The van der Waals surface area contributed by atoms with E-state index in [0.717, 1.165) is 65.8 Å². The van der Waals surface area contributed by atoms with E-state index in [1.165, 1.54) is 26.2 Å². The van der Waals surface area contributed by atoms with Crippen LogP contribution < -0.4 is 0 Å². The molecule has 4 heterocycles. The summed E-state index contributed by atoms with van der Waals surface area (Å²) in [5.41, 5.74) is 6.70. The lowest BCUT2D eigenvalue weighted by Crippen LogP contribution is -2.03. The summed E-state index contributed by atoms with van der Waals surface area (Å²) in [5, 5.41) is 8.06. The largest absolute Gasteiger partial charge is 0.456 e. The standard InChI is InChI=1S/C38H21N3OS/c1-2-11-23-21-30-28(20-22(23)10-1)24-12-3-6-16-29(24)41(30)37-35(39-36-26-14-5-8-19-33(26)43-38(36)40-37)27-15-9-18-32-34(27)25-13-4-7-17-31(25)42-32/h1-21H. The van der Waals surface area contributed by atoms with Crippen LogP contribution in [0.2, 0.25) is 0 Å². The third kappa shape index (κ3) is 3.20. The van der Waals surface area contributed by atoms with Crippen molar-refractivity contribution >= 4 is 86.3 Å². The number of para-hydroxylation sites is 2. The van der Waals surface area contributed by atoms with Gasteiger partial charge in [0.1, 0.15) is 27.2 Å². The highest BCUT2D eigenvalue weighted by molar-refractivity contribution is 7.25. The van der Waals surface area contributed by atoms with E-state index in [4.69, 9.17) is 14.4 Å². The van der Waals surface area contributed by atoms with Crippen LogP contribution in [0.3, 0.4) is 0 Å². The van der Waals surface area contributed by atoms with Crippen LogP contribution in [-0.2, 0) is 0 Å². The Kier molecular flexibility index (Phi) is 4.57. The van der Waals surface area contributed by atoms with Gasteiger partial charge in [-0.05, 0) is 47.2 Å². The van der Waals surface area contributed by atoms with Crippen LogP contribution in [-0.4, -0.2) is 14.5 Å². The molecular weight excluding hydrogens is 547 g/mol. The highest BCUT2D eigenvalue weighted by Gasteiger charge is 2.23. The molecule has 0 N–H and O–H groups in total. The van der Waals surface area contributed by atoms with Crippen LogP contribution in [0, 0.1) is 0 Å². The van der Waals surface area contributed by atoms with Gasteiger partial charge in [-0.3, -0.25) is 4.57 Å². The van der Waals surface area contributed by atoms with Gasteiger partial charge in [-0.2, -0.15) is 0 Å². The maximum Gasteiger partial charge on any atom is 0.166 e. The van der Waals surface area contributed by atoms with Crippen molar-refractivity contribution in [2.45, 2.75) is 0 Å². The van der Waals surface area contributed by atoms with Gasteiger partial charge in [-0.1, -0.05) is 91.0 Å². The first-order valence-electron chi connectivity index (χ1n) is 14.3. The molecule has 0 aliphatic carbocycles. The number of nitrogens with zero attached hydrogens (tertiary/aromatic N) is 3. The molecule has 0 saturated heterocycles. The van der Waals surface area contributed by atoms with Gasteiger partial charge in [-0.25, -0.2) is 9.97 Å². The smallest absolute Gasteiger partial charge is 0.166 e. The SMILES string of the molecule is c1ccc2cc3c(cc2c1)c1ccccc1n3-c1nc2sc3ccccc3c2nc1-c1cccc2oc3ccccc3c12. The second-order valence-corrected chi connectivity index (χ2v) is 12.0. The molecule has 0 bridgehead atoms. The molecule has 0 aliphatic heterocycles. The van der Waals surface area contributed by atoms with E-state index in [-0.39, 0.29) is 0 Å². The van der Waals surface area contributed by atoms with E-state index < -0.39 is 0 Å². The average molecular weight is 568 g/mol. The molecule has 5 heteroatoms. The van der Waals surface area contributed by atoms with Gasteiger partial charge in [0.2, 0.25) is 0 Å². The van der Waals surface area contributed by atoms with Gasteiger partial charge >= 0.3 is 0 Å². The number of benzene rings is 6. The Morgan fingerprint density at radius 3 is 2.19 bits per heavy atom. The Morgan fingerprint density at radius 2 is 1.28 bits per heavy atom. The van der Waals surface area contributed by atoms with Crippen molar-refractivity contribution in [2.75, 3.05) is 0 Å². The second-order valence-electron chi connectivity index (χ2n) is 11.0. The third-order valence-corrected chi connectivity index (χ3v) is 9.66. The number of fused-ring (bicyclic) bond motifs is 10. The highest BCUT2D eigenvalue weighted by Crippen LogP contribution is 2.43. The Hall–Kier alpha value is -5.52. The zero-order valence-electron chi connectivity index (χ0n) is 22.8. The molecule has 0 radical (unpaired) electrons. The zero-order valence-corrected chi connectivity index (χ0v) is 23.6. The third-order valence-electron chi connectivity index (χ3n) is 8.60. The Balaban J connectivity index is 1.42. The molecule has 200 valence electrons. The van der Waals surface area contributed by atoms with Crippen molar-refractivity contribution in [3.8, 4) is 17.1 Å². The first kappa shape index (κ1) is 23.1. The summed E-state index contributed by atoms with van der Waals surface area (Å²) in [6.07, 6.45) is 0. The summed E-state index contributed by atoms with van der Waals surface area (Å²) in [4.78, 5) is 11.9. The fourth-order valence-electron chi connectivity index (χ4n) is 6.71.